The van der Waals surface area contributed by atoms with Crippen LogP contribution in [-0.2, 0) is 20.7 Å². The number of carbonyl (C=O) groups excluding carboxylic acids is 2. The lowest BCUT2D eigenvalue weighted by Crippen LogP contribution is -2.38. The molecule has 0 radical (unpaired) electrons. The number of hydrogen-bond donors (Lipinski definition) is 2. The number of nitrogens with zero attached hydrogens (tertiary/aromatic N) is 1. The molecule has 0 aliphatic rings. The number of methoxy groups -OCH3 is 1. The number of oxazole rings is 1. The summed E-state index contributed by atoms with van der Waals surface area (Å²) in [6.07, 6.45) is 1.98. The van der Waals surface area contributed by atoms with Crippen LogP contribution in [0, 0.1) is 5.82 Å². The first kappa shape index (κ1) is 18.6. The van der Waals surface area contributed by atoms with Gasteiger partial charge in [0.1, 0.15) is 5.82 Å². The summed E-state index contributed by atoms with van der Waals surface area (Å²) in [7, 11) is 1.54. The highest BCUT2D eigenvalue weighted by molar-refractivity contribution is 5.84. The molecule has 2 rings (SSSR count). The van der Waals surface area contributed by atoms with Crippen LogP contribution in [0.4, 0.5) is 4.39 Å². The molecule has 0 saturated carbocycles. The molecule has 2 N–H and O–H groups in total. The van der Waals surface area contributed by atoms with Gasteiger partial charge in [-0.3, -0.25) is 9.59 Å². The standard InChI is InChI=1S/C17H20FN3O4/c1-24-9-8-19-16(23)11-20-15(22)6-7-17-21-10-14(25-17)12-2-4-13(18)5-3-12/h2-5,10H,6-9,11H2,1H3,(H,19,23)(H,20,22). The van der Waals surface area contributed by atoms with Gasteiger partial charge in [-0.25, -0.2) is 9.37 Å². The van der Waals surface area contributed by atoms with Gasteiger partial charge >= 0.3 is 0 Å². The van der Waals surface area contributed by atoms with E-state index < -0.39 is 0 Å². The van der Waals surface area contributed by atoms with E-state index in [1.165, 1.54) is 25.4 Å². The zero-order valence-electron chi connectivity index (χ0n) is 13.9. The van der Waals surface area contributed by atoms with Crippen LogP contribution in [0.2, 0.25) is 0 Å². The molecule has 1 heterocycles. The van der Waals surface area contributed by atoms with Crippen LogP contribution >= 0.6 is 0 Å². The quantitative estimate of drug-likeness (QED) is 0.666. The molecule has 0 aliphatic carbocycles. The fourth-order valence-corrected chi connectivity index (χ4v) is 2.02. The molecule has 2 amide bonds. The van der Waals surface area contributed by atoms with Gasteiger partial charge in [0.25, 0.3) is 0 Å². The maximum atomic E-state index is 12.9. The van der Waals surface area contributed by atoms with Gasteiger partial charge in [0.05, 0.1) is 19.3 Å². The van der Waals surface area contributed by atoms with Crippen molar-refractivity contribution in [3.63, 3.8) is 0 Å². The lowest BCUT2D eigenvalue weighted by atomic mass is 10.2. The Kier molecular flexibility index (Phi) is 7.09. The number of hydrogen-bond acceptors (Lipinski definition) is 5. The second-order valence-corrected chi connectivity index (χ2v) is 5.24. The Labute approximate surface area is 144 Å². The number of aromatic nitrogens is 1. The Morgan fingerprint density at radius 1 is 1.20 bits per heavy atom. The lowest BCUT2D eigenvalue weighted by Gasteiger charge is -2.05. The van der Waals surface area contributed by atoms with E-state index in [1.54, 1.807) is 12.1 Å². The van der Waals surface area contributed by atoms with Crippen molar-refractivity contribution in [3.8, 4) is 11.3 Å². The van der Waals surface area contributed by atoms with E-state index in [2.05, 4.69) is 15.6 Å². The topological polar surface area (TPSA) is 93.5 Å². The molecule has 25 heavy (non-hydrogen) atoms. The number of benzene rings is 1. The molecule has 7 nitrogen and oxygen atoms in total. The third-order valence-corrected chi connectivity index (χ3v) is 3.32. The zero-order chi connectivity index (χ0) is 18.1. The van der Waals surface area contributed by atoms with E-state index in [0.29, 0.717) is 36.8 Å². The van der Waals surface area contributed by atoms with E-state index in [4.69, 9.17) is 9.15 Å². The van der Waals surface area contributed by atoms with Crippen molar-refractivity contribution in [2.45, 2.75) is 12.8 Å². The zero-order valence-corrected chi connectivity index (χ0v) is 13.9. The molecule has 1 aromatic heterocycles. The van der Waals surface area contributed by atoms with Crippen LogP contribution in [0.3, 0.4) is 0 Å². The lowest BCUT2D eigenvalue weighted by molar-refractivity contribution is -0.126. The summed E-state index contributed by atoms with van der Waals surface area (Å²) >= 11 is 0. The van der Waals surface area contributed by atoms with E-state index in [1.807, 2.05) is 0 Å². The van der Waals surface area contributed by atoms with Crippen LogP contribution in [0.15, 0.2) is 34.9 Å². The Hall–Kier alpha value is -2.74. The Morgan fingerprint density at radius 2 is 1.96 bits per heavy atom. The van der Waals surface area contributed by atoms with Crippen LogP contribution in [-0.4, -0.2) is 43.6 Å². The largest absolute Gasteiger partial charge is 0.441 e. The van der Waals surface area contributed by atoms with Crippen molar-refractivity contribution >= 4 is 11.8 Å². The number of aryl methyl sites for hydroxylation is 1. The van der Waals surface area contributed by atoms with Crippen molar-refractivity contribution in [1.82, 2.24) is 15.6 Å². The first-order chi connectivity index (χ1) is 12.1. The van der Waals surface area contributed by atoms with Gasteiger partial charge in [0.15, 0.2) is 11.7 Å². The third kappa shape index (κ3) is 6.34. The average Bonchev–Trinajstić information content (AvgIpc) is 3.08. The van der Waals surface area contributed by atoms with Crippen LogP contribution < -0.4 is 10.6 Å². The maximum absolute atomic E-state index is 12.9. The van der Waals surface area contributed by atoms with Crippen LogP contribution in [0.1, 0.15) is 12.3 Å². The molecule has 1 aromatic carbocycles. The minimum Gasteiger partial charge on any atom is -0.441 e. The van der Waals surface area contributed by atoms with E-state index in [-0.39, 0.29) is 30.6 Å². The highest BCUT2D eigenvalue weighted by Crippen LogP contribution is 2.21. The van der Waals surface area contributed by atoms with E-state index >= 15 is 0 Å². The van der Waals surface area contributed by atoms with Gasteiger partial charge in [-0.1, -0.05) is 0 Å². The monoisotopic (exact) mass is 349 g/mol. The highest BCUT2D eigenvalue weighted by Gasteiger charge is 2.10. The normalized spacial score (nSPS) is 10.5. The minimum absolute atomic E-state index is 0.0883. The summed E-state index contributed by atoms with van der Waals surface area (Å²) in [5, 5.41) is 5.12. The van der Waals surface area contributed by atoms with E-state index in [9.17, 15) is 14.0 Å². The predicted molar refractivity (Wildman–Crippen MR) is 88.1 cm³/mol. The first-order valence-electron chi connectivity index (χ1n) is 7.81. The number of ether oxygens (including phenoxy) is 1. The Morgan fingerprint density at radius 3 is 2.68 bits per heavy atom. The fourth-order valence-electron chi connectivity index (χ4n) is 2.02. The van der Waals surface area contributed by atoms with Gasteiger partial charge in [0, 0.05) is 32.1 Å². The van der Waals surface area contributed by atoms with Gasteiger partial charge < -0.3 is 19.8 Å². The summed E-state index contributed by atoms with van der Waals surface area (Å²) in [5.74, 6) is 0.0295. The summed E-state index contributed by atoms with van der Waals surface area (Å²) in [6, 6.07) is 5.86. The molecule has 0 spiro atoms. The minimum atomic E-state index is -0.327. The van der Waals surface area contributed by atoms with Crippen LogP contribution in [0.25, 0.3) is 11.3 Å². The van der Waals surface area contributed by atoms with Crippen LogP contribution in [0.5, 0.6) is 0 Å². The Bertz CT molecular complexity index is 700. The smallest absolute Gasteiger partial charge is 0.239 e. The van der Waals surface area contributed by atoms with Crippen molar-refractivity contribution in [2.75, 3.05) is 26.8 Å². The molecule has 134 valence electrons. The molecule has 0 fully saturated rings. The fraction of sp³-hybridized carbons (Fsp3) is 0.353. The molecular formula is C17H20FN3O4. The molecule has 8 heteroatoms. The second kappa shape index (κ2) is 9.53. The molecule has 0 unspecified atom stereocenters. The predicted octanol–water partition coefficient (Wildman–Crippen LogP) is 1.29. The summed E-state index contributed by atoms with van der Waals surface area (Å²) < 4.78 is 23.3. The molecule has 0 saturated heterocycles. The van der Waals surface area contributed by atoms with Gasteiger partial charge in [0.2, 0.25) is 11.8 Å². The molecular weight excluding hydrogens is 329 g/mol. The number of nitrogens with one attached hydrogen (secondary N) is 2. The summed E-state index contributed by atoms with van der Waals surface area (Å²) in [6.45, 7) is 0.725. The van der Waals surface area contributed by atoms with Crippen molar-refractivity contribution in [2.24, 2.45) is 0 Å². The number of amides is 2. The highest BCUT2D eigenvalue weighted by atomic mass is 19.1. The summed E-state index contributed by atoms with van der Waals surface area (Å²) in [4.78, 5) is 27.3. The molecule has 0 bridgehead atoms. The van der Waals surface area contributed by atoms with Crippen molar-refractivity contribution in [1.29, 1.82) is 0 Å². The maximum Gasteiger partial charge on any atom is 0.239 e. The van der Waals surface area contributed by atoms with Gasteiger partial charge in [-0.15, -0.1) is 0 Å². The average molecular weight is 349 g/mol. The van der Waals surface area contributed by atoms with E-state index in [0.717, 1.165) is 0 Å². The SMILES string of the molecule is COCCNC(=O)CNC(=O)CCc1ncc(-c2ccc(F)cc2)o1. The second-order valence-electron chi connectivity index (χ2n) is 5.24. The molecule has 0 aliphatic heterocycles. The number of carbonyl (C=O) groups is 2. The van der Waals surface area contributed by atoms with Gasteiger partial charge in [-0.05, 0) is 24.3 Å². The number of rotatable bonds is 9. The van der Waals surface area contributed by atoms with Crippen molar-refractivity contribution in [3.05, 3.63) is 42.2 Å². The Balaban J connectivity index is 1.73. The number of halogens is 1. The first-order valence-corrected chi connectivity index (χ1v) is 7.81. The van der Waals surface area contributed by atoms with Crippen molar-refractivity contribution < 1.29 is 23.1 Å². The molecule has 2 aromatic rings. The summed E-state index contributed by atoms with van der Waals surface area (Å²) in [5.41, 5.74) is 0.706. The molecule has 0 atom stereocenters. The van der Waals surface area contributed by atoms with Gasteiger partial charge in [-0.2, -0.15) is 0 Å². The third-order valence-electron chi connectivity index (χ3n) is 3.32.